The van der Waals surface area contributed by atoms with Crippen molar-refractivity contribution in [1.29, 1.82) is 0 Å². The minimum absolute atomic E-state index is 0.140. The summed E-state index contributed by atoms with van der Waals surface area (Å²) >= 11 is 0. The first-order valence-corrected chi connectivity index (χ1v) is 12.5. The molecule has 0 bridgehead atoms. The van der Waals surface area contributed by atoms with Crippen LogP contribution in [0.2, 0.25) is 0 Å². The van der Waals surface area contributed by atoms with Crippen molar-refractivity contribution in [3.05, 3.63) is 69.9 Å². The summed E-state index contributed by atoms with van der Waals surface area (Å²) in [7, 11) is 0. The maximum Gasteiger partial charge on any atom is 0.332 e. The summed E-state index contributed by atoms with van der Waals surface area (Å²) in [4.78, 5) is 55.1. The van der Waals surface area contributed by atoms with Crippen molar-refractivity contribution in [3.63, 3.8) is 0 Å². The van der Waals surface area contributed by atoms with Crippen LogP contribution in [0.15, 0.2) is 47.3 Å². The lowest BCUT2D eigenvalue weighted by atomic mass is 10.0. The SMILES string of the molecule is CC1C(=O)N(c2cc(Cc3n[nH]c(=O)c4ccccc34)ccc2F)C(=O)N1CC(=O)N1C[C@@H](C)O[C@@H](C)C1. The first-order chi connectivity index (χ1) is 18.1. The van der Waals surface area contributed by atoms with Gasteiger partial charge in [0.05, 0.1) is 29.0 Å². The summed E-state index contributed by atoms with van der Waals surface area (Å²) < 4.78 is 20.7. The molecule has 0 saturated carbocycles. The highest BCUT2D eigenvalue weighted by molar-refractivity contribution is 6.21. The molecule has 0 aliphatic carbocycles. The summed E-state index contributed by atoms with van der Waals surface area (Å²) in [6.07, 6.45) is -0.0526. The zero-order valence-electron chi connectivity index (χ0n) is 21.3. The number of amides is 4. The van der Waals surface area contributed by atoms with Crippen molar-refractivity contribution >= 4 is 34.3 Å². The van der Waals surface area contributed by atoms with Gasteiger partial charge >= 0.3 is 6.03 Å². The molecule has 0 spiro atoms. The second-order valence-corrected chi connectivity index (χ2v) is 9.82. The van der Waals surface area contributed by atoms with Gasteiger partial charge in [0.2, 0.25) is 5.91 Å². The second-order valence-electron chi connectivity index (χ2n) is 9.82. The third kappa shape index (κ3) is 4.65. The Bertz CT molecular complexity index is 1480. The average Bonchev–Trinajstić information content (AvgIpc) is 3.09. The quantitative estimate of drug-likeness (QED) is 0.516. The molecule has 4 amide bonds. The lowest BCUT2D eigenvalue weighted by molar-refractivity contribution is -0.144. The lowest BCUT2D eigenvalue weighted by Gasteiger charge is -2.36. The van der Waals surface area contributed by atoms with Gasteiger partial charge in [0.25, 0.3) is 11.5 Å². The Balaban J connectivity index is 1.39. The fourth-order valence-electron chi connectivity index (χ4n) is 5.10. The number of nitrogens with one attached hydrogen (secondary N) is 1. The third-order valence-electron chi connectivity index (χ3n) is 6.96. The Morgan fingerprint density at radius 3 is 2.45 bits per heavy atom. The van der Waals surface area contributed by atoms with Gasteiger partial charge in [-0.25, -0.2) is 19.2 Å². The normalized spacial score (nSPS) is 22.0. The van der Waals surface area contributed by atoms with E-state index >= 15 is 0 Å². The van der Waals surface area contributed by atoms with Gasteiger partial charge in [0.1, 0.15) is 18.4 Å². The minimum Gasteiger partial charge on any atom is -0.372 e. The Morgan fingerprint density at radius 2 is 1.74 bits per heavy atom. The zero-order valence-corrected chi connectivity index (χ0v) is 21.3. The number of anilines is 1. The summed E-state index contributed by atoms with van der Waals surface area (Å²) in [5.41, 5.74) is 0.639. The molecule has 1 aromatic heterocycles. The predicted octanol–water partition coefficient (Wildman–Crippen LogP) is 2.45. The van der Waals surface area contributed by atoms with Crippen molar-refractivity contribution < 1.29 is 23.5 Å². The number of benzene rings is 2. The van der Waals surface area contributed by atoms with Gasteiger partial charge in [0.15, 0.2) is 0 Å². The molecule has 2 aliphatic heterocycles. The molecular weight excluding hydrogens is 493 g/mol. The molecule has 3 atom stereocenters. The number of carbonyl (C=O) groups is 3. The van der Waals surface area contributed by atoms with E-state index in [1.165, 1.54) is 30.0 Å². The Hall–Kier alpha value is -4.12. The number of nitrogens with zero attached hydrogens (tertiary/aromatic N) is 4. The smallest absolute Gasteiger partial charge is 0.332 e. The molecule has 2 aliphatic rings. The van der Waals surface area contributed by atoms with E-state index in [4.69, 9.17) is 4.74 Å². The second kappa shape index (κ2) is 9.97. The molecular formula is C27H28FN5O5. The highest BCUT2D eigenvalue weighted by Gasteiger charge is 2.45. The number of ether oxygens (including phenoxy) is 1. The number of H-pyrrole nitrogens is 1. The first-order valence-electron chi connectivity index (χ1n) is 12.5. The number of imide groups is 1. The van der Waals surface area contributed by atoms with E-state index in [1.54, 1.807) is 29.2 Å². The number of hydrogen-bond donors (Lipinski definition) is 1. The summed E-state index contributed by atoms with van der Waals surface area (Å²) in [6, 6.07) is 9.47. The maximum atomic E-state index is 15.0. The van der Waals surface area contributed by atoms with Crippen LogP contribution < -0.4 is 10.5 Å². The van der Waals surface area contributed by atoms with Crippen LogP contribution in [0.25, 0.3) is 10.8 Å². The van der Waals surface area contributed by atoms with Crippen LogP contribution in [-0.2, 0) is 20.7 Å². The van der Waals surface area contributed by atoms with Gasteiger partial charge in [0, 0.05) is 24.9 Å². The highest BCUT2D eigenvalue weighted by atomic mass is 19.1. The van der Waals surface area contributed by atoms with Gasteiger partial charge in [-0.15, -0.1) is 0 Å². The van der Waals surface area contributed by atoms with Crippen LogP contribution in [0.5, 0.6) is 0 Å². The minimum atomic E-state index is -0.935. The number of morpholine rings is 1. The van der Waals surface area contributed by atoms with Crippen molar-refractivity contribution in [1.82, 2.24) is 20.0 Å². The maximum absolute atomic E-state index is 15.0. The molecule has 2 saturated heterocycles. The van der Waals surface area contributed by atoms with Crippen LogP contribution in [0.4, 0.5) is 14.9 Å². The van der Waals surface area contributed by atoms with Crippen molar-refractivity contribution in [2.75, 3.05) is 24.5 Å². The summed E-state index contributed by atoms with van der Waals surface area (Å²) in [5, 5.41) is 7.75. The number of urea groups is 1. The molecule has 1 N–H and O–H groups in total. The van der Waals surface area contributed by atoms with Gasteiger partial charge in [-0.3, -0.25) is 14.4 Å². The van der Waals surface area contributed by atoms with E-state index in [-0.39, 0.29) is 42.3 Å². The molecule has 5 rings (SSSR count). The van der Waals surface area contributed by atoms with E-state index in [0.717, 1.165) is 4.90 Å². The van der Waals surface area contributed by atoms with Crippen LogP contribution in [-0.4, -0.2) is 75.7 Å². The van der Waals surface area contributed by atoms with E-state index in [0.29, 0.717) is 35.1 Å². The van der Waals surface area contributed by atoms with Gasteiger partial charge in [-0.1, -0.05) is 24.3 Å². The molecule has 2 aromatic carbocycles. The molecule has 0 radical (unpaired) electrons. The third-order valence-corrected chi connectivity index (χ3v) is 6.96. The summed E-state index contributed by atoms with van der Waals surface area (Å²) in [5.74, 6) is -1.66. The molecule has 1 unspecified atom stereocenters. The highest BCUT2D eigenvalue weighted by Crippen LogP contribution is 2.30. The topological polar surface area (TPSA) is 116 Å². The fourth-order valence-corrected chi connectivity index (χ4v) is 5.10. The van der Waals surface area contributed by atoms with Crippen LogP contribution in [0.3, 0.4) is 0 Å². The van der Waals surface area contributed by atoms with Crippen molar-refractivity contribution in [2.45, 2.75) is 45.4 Å². The number of halogens is 1. The largest absolute Gasteiger partial charge is 0.372 e. The van der Waals surface area contributed by atoms with Crippen molar-refractivity contribution in [3.8, 4) is 0 Å². The van der Waals surface area contributed by atoms with E-state index in [1.807, 2.05) is 13.8 Å². The number of carbonyl (C=O) groups excluding carboxylic acids is 3. The number of rotatable bonds is 5. The molecule has 38 heavy (non-hydrogen) atoms. The van der Waals surface area contributed by atoms with Crippen LogP contribution in [0.1, 0.15) is 32.0 Å². The number of aromatic amines is 1. The molecule has 10 nitrogen and oxygen atoms in total. The van der Waals surface area contributed by atoms with Gasteiger partial charge in [-0.05, 0) is 44.5 Å². The van der Waals surface area contributed by atoms with E-state index in [9.17, 15) is 23.6 Å². The monoisotopic (exact) mass is 521 g/mol. The van der Waals surface area contributed by atoms with Gasteiger partial charge in [-0.2, -0.15) is 5.10 Å². The molecule has 11 heteroatoms. The van der Waals surface area contributed by atoms with E-state index < -0.39 is 23.8 Å². The number of aromatic nitrogens is 2. The van der Waals surface area contributed by atoms with Crippen LogP contribution in [0, 0.1) is 5.82 Å². The predicted molar refractivity (Wildman–Crippen MR) is 137 cm³/mol. The molecule has 2 fully saturated rings. The average molecular weight is 522 g/mol. The van der Waals surface area contributed by atoms with Crippen molar-refractivity contribution in [2.24, 2.45) is 0 Å². The molecule has 3 heterocycles. The van der Waals surface area contributed by atoms with Crippen LogP contribution >= 0.6 is 0 Å². The standard InChI is InChI=1S/C27H28FN5O5/c1-15-12-31(13-16(2)38-15)24(34)14-32-17(3)26(36)33(27(32)37)23-11-18(8-9-21(23)28)10-22-19-6-4-5-7-20(19)25(35)30-29-22/h4-9,11,15-17H,10,12-14H2,1-3H3,(H,30,35)/t15-,16+,17?. The zero-order chi connectivity index (χ0) is 27.1. The first kappa shape index (κ1) is 25.5. The Labute approximate surface area is 218 Å². The number of hydrogen-bond acceptors (Lipinski definition) is 6. The van der Waals surface area contributed by atoms with E-state index in [2.05, 4.69) is 10.2 Å². The molecule has 198 valence electrons. The summed E-state index contributed by atoms with van der Waals surface area (Å²) in [6.45, 7) is 5.74. The number of fused-ring (bicyclic) bond motifs is 1. The molecule has 3 aromatic rings. The van der Waals surface area contributed by atoms with Gasteiger partial charge < -0.3 is 14.5 Å². The lowest BCUT2D eigenvalue weighted by Crippen LogP contribution is -2.52. The fraction of sp³-hybridized carbons (Fsp3) is 0.370. The Morgan fingerprint density at radius 1 is 1.05 bits per heavy atom. The Kier molecular flexibility index (Phi) is 6.70.